The molecule has 2 unspecified atom stereocenters. The molecule has 0 heterocycles. The van der Waals surface area contributed by atoms with E-state index in [0.29, 0.717) is 34.1 Å². The zero-order valence-corrected chi connectivity index (χ0v) is 22.0. The molecule has 5 rings (SSSR count). The van der Waals surface area contributed by atoms with Gasteiger partial charge >= 0.3 is 213 Å². The Labute approximate surface area is 213 Å². The van der Waals surface area contributed by atoms with Crippen molar-refractivity contribution in [1.82, 2.24) is 0 Å². The summed E-state index contributed by atoms with van der Waals surface area (Å²) in [4.78, 5) is 51.5. The van der Waals surface area contributed by atoms with Crippen LogP contribution in [0.25, 0.3) is 0 Å². The molecule has 6 heteroatoms. The summed E-state index contributed by atoms with van der Waals surface area (Å²) in [6.45, 7) is 0. The SMILES string of the molecule is OP(O)(c1ccccc1)(c1ccccc1)C1CCCCC1P(O)(O)(c1ccccc1)c1ccccc1. The Kier molecular flexibility index (Phi) is 6.42. The molecule has 0 bridgehead atoms. The van der Waals surface area contributed by atoms with E-state index in [1.807, 2.05) is 72.8 Å². The van der Waals surface area contributed by atoms with Gasteiger partial charge in [0.15, 0.2) is 0 Å². The molecular formula is C30H34O4P2. The first kappa shape index (κ1) is 25.2. The van der Waals surface area contributed by atoms with E-state index in [0.717, 1.165) is 12.8 Å². The maximum absolute atomic E-state index is 12.9. The van der Waals surface area contributed by atoms with Gasteiger partial charge in [-0.1, -0.05) is 0 Å². The summed E-state index contributed by atoms with van der Waals surface area (Å²) in [6, 6.07) is 36.1. The van der Waals surface area contributed by atoms with E-state index in [9.17, 15) is 19.6 Å². The van der Waals surface area contributed by atoms with E-state index < -0.39 is 25.4 Å². The standard InChI is InChI=1S/C30H34O4P2/c31-35(32,25-15-5-1-6-16-25,26-17-7-2-8-18-26)29-23-13-14-24-30(29)36(33,34,27-19-9-3-10-20-27)28-21-11-4-12-22-28/h1-12,15-22,29-34H,13-14,23-24H2. The molecule has 0 spiro atoms. The summed E-state index contributed by atoms with van der Waals surface area (Å²) in [6.07, 6.45) is 2.54. The third-order valence-electron chi connectivity index (χ3n) is 8.01. The summed E-state index contributed by atoms with van der Waals surface area (Å²) in [7, 11) is -9.79. The average molecular weight is 521 g/mol. The van der Waals surface area contributed by atoms with Gasteiger partial charge in [0.2, 0.25) is 0 Å². The predicted octanol–water partition coefficient (Wildman–Crippen LogP) is 4.34. The Morgan fingerprint density at radius 3 is 0.833 bits per heavy atom. The van der Waals surface area contributed by atoms with Crippen LogP contribution in [0.5, 0.6) is 0 Å². The van der Waals surface area contributed by atoms with Crippen molar-refractivity contribution >= 4 is 35.3 Å². The van der Waals surface area contributed by atoms with Crippen molar-refractivity contribution in [3.63, 3.8) is 0 Å². The van der Waals surface area contributed by atoms with Crippen molar-refractivity contribution < 1.29 is 19.6 Å². The molecule has 4 aromatic rings. The van der Waals surface area contributed by atoms with E-state index in [2.05, 4.69) is 0 Å². The van der Waals surface area contributed by atoms with E-state index in [1.165, 1.54) is 0 Å². The third kappa shape index (κ3) is 3.76. The number of hydrogen-bond donors (Lipinski definition) is 4. The van der Waals surface area contributed by atoms with Crippen LogP contribution >= 0.6 is 14.1 Å². The van der Waals surface area contributed by atoms with Crippen molar-refractivity contribution in [3.8, 4) is 0 Å². The van der Waals surface area contributed by atoms with E-state index in [-0.39, 0.29) is 0 Å². The summed E-state index contributed by atoms with van der Waals surface area (Å²) in [5.74, 6) is 0. The fourth-order valence-electron chi connectivity index (χ4n) is 6.18. The fraction of sp³-hybridized carbons (Fsp3) is 0.200. The van der Waals surface area contributed by atoms with Gasteiger partial charge in [-0.15, -0.1) is 0 Å². The third-order valence-corrected chi connectivity index (χ3v) is 17.3. The van der Waals surface area contributed by atoms with E-state index in [1.54, 1.807) is 48.5 Å². The van der Waals surface area contributed by atoms with E-state index in [4.69, 9.17) is 0 Å². The van der Waals surface area contributed by atoms with Crippen LogP contribution in [0.15, 0.2) is 121 Å². The van der Waals surface area contributed by atoms with Gasteiger partial charge in [-0.05, 0) is 0 Å². The Morgan fingerprint density at radius 2 is 0.611 bits per heavy atom. The molecule has 4 nitrogen and oxygen atoms in total. The first-order valence-electron chi connectivity index (χ1n) is 12.5. The monoisotopic (exact) mass is 520 g/mol. The summed E-state index contributed by atoms with van der Waals surface area (Å²) in [5.41, 5.74) is -1.52. The Morgan fingerprint density at radius 1 is 0.389 bits per heavy atom. The Balaban J connectivity index is 1.82. The van der Waals surface area contributed by atoms with Gasteiger partial charge in [-0.25, -0.2) is 0 Å². The van der Waals surface area contributed by atoms with E-state index >= 15 is 0 Å². The number of rotatable bonds is 6. The number of hydrogen-bond acceptors (Lipinski definition) is 4. The van der Waals surface area contributed by atoms with Crippen molar-refractivity contribution in [2.75, 3.05) is 0 Å². The second-order valence-corrected chi connectivity index (χ2v) is 17.7. The molecule has 2 atom stereocenters. The molecule has 4 aromatic carbocycles. The maximum atomic E-state index is 12.9. The van der Waals surface area contributed by atoms with Crippen LogP contribution in [-0.4, -0.2) is 30.9 Å². The van der Waals surface area contributed by atoms with Crippen LogP contribution in [0, 0.1) is 0 Å². The minimum atomic E-state index is -4.89. The molecule has 1 fully saturated rings. The van der Waals surface area contributed by atoms with Crippen LogP contribution in [0.3, 0.4) is 0 Å². The van der Waals surface area contributed by atoms with Gasteiger partial charge in [0.05, 0.1) is 0 Å². The summed E-state index contributed by atoms with van der Waals surface area (Å²) in [5, 5.41) is 1.80. The van der Waals surface area contributed by atoms with Crippen LogP contribution in [0.2, 0.25) is 0 Å². The summed E-state index contributed by atoms with van der Waals surface area (Å²) < 4.78 is 0. The predicted molar refractivity (Wildman–Crippen MR) is 153 cm³/mol. The topological polar surface area (TPSA) is 80.9 Å². The molecule has 0 amide bonds. The molecule has 4 N–H and O–H groups in total. The van der Waals surface area contributed by atoms with Crippen LogP contribution in [0.1, 0.15) is 25.7 Å². The van der Waals surface area contributed by atoms with Crippen molar-refractivity contribution in [2.24, 2.45) is 0 Å². The molecule has 0 aromatic heterocycles. The minimum absolute atomic E-state index is 0.450. The molecule has 1 saturated carbocycles. The van der Waals surface area contributed by atoms with Crippen LogP contribution in [-0.2, 0) is 0 Å². The second-order valence-electron chi connectivity index (χ2n) is 9.94. The quantitative estimate of drug-likeness (QED) is 0.285. The Hall–Kier alpha value is -2.42. The zero-order valence-electron chi connectivity index (χ0n) is 20.2. The van der Waals surface area contributed by atoms with Gasteiger partial charge in [-0.2, -0.15) is 0 Å². The molecule has 1 aliphatic carbocycles. The average Bonchev–Trinajstić information content (AvgIpc) is 2.95. The summed E-state index contributed by atoms with van der Waals surface area (Å²) >= 11 is 0. The molecule has 188 valence electrons. The van der Waals surface area contributed by atoms with Crippen molar-refractivity contribution in [1.29, 1.82) is 0 Å². The molecule has 1 aliphatic rings. The first-order valence-corrected chi connectivity index (χ1v) is 16.9. The number of benzene rings is 4. The molecule has 0 saturated heterocycles. The van der Waals surface area contributed by atoms with Gasteiger partial charge in [0, 0.05) is 0 Å². The normalized spacial score (nSPS) is 21.0. The molecule has 0 aliphatic heterocycles. The molecule has 0 radical (unpaired) electrons. The van der Waals surface area contributed by atoms with Crippen molar-refractivity contribution in [3.05, 3.63) is 121 Å². The Bertz CT molecular complexity index is 1120. The van der Waals surface area contributed by atoms with Crippen molar-refractivity contribution in [2.45, 2.75) is 37.0 Å². The van der Waals surface area contributed by atoms with Gasteiger partial charge in [0.25, 0.3) is 0 Å². The molecular weight excluding hydrogens is 486 g/mol. The van der Waals surface area contributed by atoms with Gasteiger partial charge in [0.1, 0.15) is 0 Å². The van der Waals surface area contributed by atoms with Crippen LogP contribution in [0.4, 0.5) is 0 Å². The van der Waals surface area contributed by atoms with Gasteiger partial charge < -0.3 is 0 Å². The van der Waals surface area contributed by atoms with Crippen LogP contribution < -0.4 is 21.2 Å². The van der Waals surface area contributed by atoms with Gasteiger partial charge in [-0.3, -0.25) is 0 Å². The molecule has 36 heavy (non-hydrogen) atoms. The zero-order chi connectivity index (χ0) is 25.3. The first-order chi connectivity index (χ1) is 17.3. The second kappa shape index (κ2) is 9.15. The fourth-order valence-corrected chi connectivity index (χ4v) is 15.8.